The maximum atomic E-state index is 3.66. The lowest BCUT2D eigenvalue weighted by Crippen LogP contribution is -1.97. The Morgan fingerprint density at radius 1 is 0.600 bits per heavy atom. The van der Waals surface area contributed by atoms with Crippen molar-refractivity contribution < 1.29 is 0 Å². The molecule has 0 N–H and O–H groups in total. The van der Waals surface area contributed by atoms with Gasteiger partial charge in [-0.15, -0.1) is 0 Å². The third kappa shape index (κ3) is 6.87. The van der Waals surface area contributed by atoms with Gasteiger partial charge in [-0.1, -0.05) is 131 Å². The molecule has 2 heteroatoms. The predicted octanol–water partition coefficient (Wildman–Crippen LogP) is 10.0. The van der Waals surface area contributed by atoms with Crippen molar-refractivity contribution in [3.63, 3.8) is 0 Å². The molecule has 1 aromatic heterocycles. The second-order valence-electron chi connectivity index (χ2n) is 8.93. The summed E-state index contributed by atoms with van der Waals surface area (Å²) in [6.45, 7) is 3.42. The Labute approximate surface area is 192 Å². The molecule has 164 valence electrons. The first-order chi connectivity index (χ1) is 14.8. The van der Waals surface area contributed by atoms with Crippen LogP contribution in [0.3, 0.4) is 0 Å². The third-order valence-electron chi connectivity index (χ3n) is 6.47. The van der Waals surface area contributed by atoms with Crippen molar-refractivity contribution in [3.8, 4) is 0 Å². The summed E-state index contributed by atoms with van der Waals surface area (Å²) in [5.74, 6) is 0. The van der Waals surface area contributed by atoms with Gasteiger partial charge in [-0.2, -0.15) is 0 Å². The summed E-state index contributed by atoms with van der Waals surface area (Å²) in [6, 6.07) is 15.5. The van der Waals surface area contributed by atoms with Crippen LogP contribution in [0.5, 0.6) is 0 Å². The number of hydrogen-bond donors (Lipinski definition) is 0. The molecule has 0 saturated heterocycles. The first kappa shape index (κ1) is 23.4. The number of aromatic nitrogens is 1. The van der Waals surface area contributed by atoms with Gasteiger partial charge < -0.3 is 4.57 Å². The van der Waals surface area contributed by atoms with E-state index in [0.29, 0.717) is 0 Å². The van der Waals surface area contributed by atoms with E-state index in [-0.39, 0.29) is 0 Å². The van der Waals surface area contributed by atoms with Crippen LogP contribution >= 0.6 is 15.9 Å². The smallest absolute Gasteiger partial charge is 0.0502 e. The summed E-state index contributed by atoms with van der Waals surface area (Å²) >= 11 is 3.66. The Morgan fingerprint density at radius 2 is 1.13 bits per heavy atom. The van der Waals surface area contributed by atoms with Gasteiger partial charge in [0.2, 0.25) is 0 Å². The van der Waals surface area contributed by atoms with Gasteiger partial charge in [0.25, 0.3) is 0 Å². The van der Waals surface area contributed by atoms with E-state index in [2.05, 4.69) is 69.9 Å². The van der Waals surface area contributed by atoms with Gasteiger partial charge in [-0.3, -0.25) is 0 Å². The third-order valence-corrected chi connectivity index (χ3v) is 6.96. The highest BCUT2D eigenvalue weighted by molar-refractivity contribution is 9.10. The van der Waals surface area contributed by atoms with Gasteiger partial charge in [0.15, 0.2) is 0 Å². The molecule has 1 nitrogen and oxygen atoms in total. The van der Waals surface area contributed by atoms with Gasteiger partial charge >= 0.3 is 0 Å². The molecular weight excluding hydrogens is 430 g/mol. The van der Waals surface area contributed by atoms with Gasteiger partial charge in [-0.25, -0.2) is 0 Å². The Morgan fingerprint density at radius 3 is 1.77 bits per heavy atom. The summed E-state index contributed by atoms with van der Waals surface area (Å²) in [5, 5.41) is 2.75. The maximum absolute atomic E-state index is 3.66. The lowest BCUT2D eigenvalue weighted by molar-refractivity contribution is 0.528. The van der Waals surface area contributed by atoms with Gasteiger partial charge in [0.1, 0.15) is 0 Å². The highest BCUT2D eigenvalue weighted by Crippen LogP contribution is 2.31. The second kappa shape index (κ2) is 13.2. The van der Waals surface area contributed by atoms with E-state index < -0.39 is 0 Å². The van der Waals surface area contributed by atoms with Crippen LogP contribution in [0.25, 0.3) is 21.8 Å². The molecule has 0 aliphatic rings. The number of aryl methyl sites for hydroxylation is 1. The quantitative estimate of drug-likeness (QED) is 0.195. The number of unbranched alkanes of at least 4 members (excludes halogenated alkanes) is 13. The molecule has 0 aliphatic carbocycles. The summed E-state index contributed by atoms with van der Waals surface area (Å²) in [6.07, 6.45) is 19.8. The zero-order valence-electron chi connectivity index (χ0n) is 19.0. The molecule has 0 bridgehead atoms. The van der Waals surface area contributed by atoms with Crippen LogP contribution in [0.15, 0.2) is 46.9 Å². The van der Waals surface area contributed by atoms with Crippen LogP contribution in [-0.4, -0.2) is 4.57 Å². The van der Waals surface area contributed by atoms with Crippen LogP contribution in [-0.2, 0) is 6.54 Å². The van der Waals surface area contributed by atoms with E-state index in [1.165, 1.54) is 116 Å². The van der Waals surface area contributed by atoms with E-state index in [1.54, 1.807) is 0 Å². The fraction of sp³-hybridized carbons (Fsp3) is 0.571. The zero-order chi connectivity index (χ0) is 21.0. The first-order valence-electron chi connectivity index (χ1n) is 12.5. The molecule has 1 heterocycles. The molecule has 0 atom stereocenters. The molecule has 0 amide bonds. The standard InChI is InChI=1S/C28H40BrN/c1-2-3-4-5-6-7-8-9-10-11-12-13-14-17-22-30-27-19-16-15-18-25(27)26-21-20-24(29)23-28(26)30/h15-16,18-21,23H,2-14,17,22H2,1H3. The Kier molecular flexibility index (Phi) is 10.3. The van der Waals surface area contributed by atoms with Gasteiger partial charge in [0, 0.05) is 27.3 Å². The van der Waals surface area contributed by atoms with Crippen LogP contribution in [0.4, 0.5) is 0 Å². The molecule has 30 heavy (non-hydrogen) atoms. The fourth-order valence-electron chi connectivity index (χ4n) is 4.73. The Balaban J connectivity index is 1.32. The van der Waals surface area contributed by atoms with E-state index in [9.17, 15) is 0 Å². The molecule has 0 radical (unpaired) electrons. The van der Waals surface area contributed by atoms with Crippen molar-refractivity contribution >= 4 is 37.7 Å². The van der Waals surface area contributed by atoms with Crippen LogP contribution in [0, 0.1) is 0 Å². The molecule has 3 rings (SSSR count). The molecular formula is C28H40BrN. The number of fused-ring (bicyclic) bond motifs is 3. The second-order valence-corrected chi connectivity index (χ2v) is 9.84. The zero-order valence-corrected chi connectivity index (χ0v) is 20.6. The Hall–Kier alpha value is -1.28. The number of benzene rings is 2. The summed E-state index contributed by atoms with van der Waals surface area (Å²) in [7, 11) is 0. The van der Waals surface area contributed by atoms with Crippen molar-refractivity contribution in [3.05, 3.63) is 46.9 Å². The number of halogens is 1. The molecule has 0 spiro atoms. The van der Waals surface area contributed by atoms with Crippen molar-refractivity contribution in [2.24, 2.45) is 0 Å². The number of rotatable bonds is 15. The van der Waals surface area contributed by atoms with Crippen molar-refractivity contribution in [1.29, 1.82) is 0 Å². The minimum atomic E-state index is 1.12. The number of para-hydroxylation sites is 1. The van der Waals surface area contributed by atoms with E-state index in [1.807, 2.05) is 0 Å². The highest BCUT2D eigenvalue weighted by atomic mass is 79.9. The van der Waals surface area contributed by atoms with Gasteiger partial charge in [-0.05, 0) is 24.6 Å². The average Bonchev–Trinajstić information content (AvgIpc) is 3.07. The van der Waals surface area contributed by atoms with Gasteiger partial charge in [0.05, 0.1) is 5.52 Å². The summed E-state index contributed by atoms with van der Waals surface area (Å²) in [4.78, 5) is 0. The van der Waals surface area contributed by atoms with Crippen LogP contribution in [0.1, 0.15) is 96.8 Å². The molecule has 2 aromatic carbocycles. The van der Waals surface area contributed by atoms with Crippen LogP contribution in [0.2, 0.25) is 0 Å². The molecule has 0 fully saturated rings. The predicted molar refractivity (Wildman–Crippen MR) is 137 cm³/mol. The summed E-state index contributed by atoms with van der Waals surface area (Å²) < 4.78 is 3.69. The van der Waals surface area contributed by atoms with Crippen molar-refractivity contribution in [1.82, 2.24) is 4.57 Å². The lowest BCUT2D eigenvalue weighted by Gasteiger charge is -2.08. The van der Waals surface area contributed by atoms with Crippen molar-refractivity contribution in [2.75, 3.05) is 0 Å². The van der Waals surface area contributed by atoms with E-state index in [0.717, 1.165) is 6.54 Å². The number of hydrogen-bond acceptors (Lipinski definition) is 0. The fourth-order valence-corrected chi connectivity index (χ4v) is 5.08. The average molecular weight is 471 g/mol. The highest BCUT2D eigenvalue weighted by Gasteiger charge is 2.10. The Bertz CT molecular complexity index is 879. The number of nitrogens with zero attached hydrogens (tertiary/aromatic N) is 1. The topological polar surface area (TPSA) is 4.93 Å². The molecule has 3 aromatic rings. The van der Waals surface area contributed by atoms with Crippen LogP contribution < -0.4 is 0 Å². The lowest BCUT2D eigenvalue weighted by atomic mass is 10.0. The summed E-state index contributed by atoms with van der Waals surface area (Å²) in [5.41, 5.74) is 2.74. The maximum Gasteiger partial charge on any atom is 0.0502 e. The largest absolute Gasteiger partial charge is 0.340 e. The van der Waals surface area contributed by atoms with Crippen molar-refractivity contribution in [2.45, 2.75) is 103 Å². The monoisotopic (exact) mass is 469 g/mol. The first-order valence-corrected chi connectivity index (χ1v) is 13.3. The molecule has 0 aliphatic heterocycles. The minimum Gasteiger partial charge on any atom is -0.340 e. The van der Waals surface area contributed by atoms with E-state index in [4.69, 9.17) is 0 Å². The normalized spacial score (nSPS) is 11.7. The SMILES string of the molecule is CCCCCCCCCCCCCCCCn1c2ccccc2c2ccc(Br)cc21. The molecule has 0 unspecified atom stereocenters. The molecule has 0 saturated carbocycles. The van der Waals surface area contributed by atoms with E-state index >= 15 is 0 Å². The minimum absolute atomic E-state index is 1.12.